The van der Waals surface area contributed by atoms with E-state index in [0.717, 1.165) is 11.1 Å². The topological polar surface area (TPSA) is 101 Å². The van der Waals surface area contributed by atoms with Crippen LogP contribution in [0.5, 0.6) is 11.5 Å². The lowest BCUT2D eigenvalue weighted by molar-refractivity contribution is 0.209. The highest BCUT2D eigenvalue weighted by molar-refractivity contribution is 5.87. The fraction of sp³-hybridized carbons (Fsp3) is 0.208. The van der Waals surface area contributed by atoms with Crippen LogP contribution in [0.25, 0.3) is 17.0 Å². The molecule has 1 unspecified atom stereocenters. The lowest BCUT2D eigenvalue weighted by Crippen LogP contribution is -2.46. The lowest BCUT2D eigenvalue weighted by atomic mass is 9.94. The minimum Gasteiger partial charge on any atom is -0.504 e. The summed E-state index contributed by atoms with van der Waals surface area (Å²) in [7, 11) is 1.48. The minimum absolute atomic E-state index is 0.0318. The predicted molar refractivity (Wildman–Crippen MR) is 120 cm³/mol. The Labute approximate surface area is 185 Å². The van der Waals surface area contributed by atoms with Gasteiger partial charge >= 0.3 is 6.03 Å². The van der Waals surface area contributed by atoms with Crippen LogP contribution in [-0.2, 0) is 0 Å². The summed E-state index contributed by atoms with van der Waals surface area (Å²) in [4.78, 5) is 19.0. The summed E-state index contributed by atoms with van der Waals surface area (Å²) in [6, 6.07) is 11.9. The van der Waals surface area contributed by atoms with Crippen molar-refractivity contribution in [3.8, 4) is 22.9 Å². The van der Waals surface area contributed by atoms with Gasteiger partial charge in [-0.2, -0.15) is 4.98 Å². The number of phenolic OH excluding ortho intramolecular Hbond substituents is 1. The smallest absolute Gasteiger partial charge is 0.322 e. The van der Waals surface area contributed by atoms with E-state index in [1.54, 1.807) is 29.2 Å². The van der Waals surface area contributed by atoms with Crippen LogP contribution in [0.3, 0.4) is 0 Å². The zero-order valence-electron chi connectivity index (χ0n) is 18.1. The second-order valence-electron chi connectivity index (χ2n) is 7.50. The number of phenols is 1. The monoisotopic (exact) mass is 432 g/mol. The molecular formula is C24H24N4O4. The van der Waals surface area contributed by atoms with E-state index in [1.165, 1.54) is 7.11 Å². The third-order valence-electron chi connectivity index (χ3n) is 5.41. The number of allylic oxidation sites excluding steroid dienone is 1. The molecule has 0 saturated carbocycles. The summed E-state index contributed by atoms with van der Waals surface area (Å²) in [6.45, 7) is 7.89. The van der Waals surface area contributed by atoms with Crippen molar-refractivity contribution in [2.75, 3.05) is 13.7 Å². The van der Waals surface area contributed by atoms with Gasteiger partial charge in [0.1, 0.15) is 0 Å². The highest BCUT2D eigenvalue weighted by Crippen LogP contribution is 2.39. The van der Waals surface area contributed by atoms with E-state index in [-0.39, 0.29) is 17.7 Å². The minimum atomic E-state index is -0.605. The van der Waals surface area contributed by atoms with Crippen LogP contribution in [0, 0.1) is 6.92 Å². The SMILES string of the molecule is C=CCN1C(=O)NC(c2ccc(OC)c(O)c2)C(c2nc(-c3ccc(C)cc3)no2)=C1C. The van der Waals surface area contributed by atoms with Crippen molar-refractivity contribution in [1.82, 2.24) is 20.4 Å². The molecule has 1 aliphatic heterocycles. The van der Waals surface area contributed by atoms with Gasteiger partial charge in [0.15, 0.2) is 11.5 Å². The van der Waals surface area contributed by atoms with E-state index in [0.29, 0.717) is 35.0 Å². The number of methoxy groups -OCH3 is 1. The largest absolute Gasteiger partial charge is 0.504 e. The summed E-state index contributed by atoms with van der Waals surface area (Å²) >= 11 is 0. The maximum Gasteiger partial charge on any atom is 0.322 e. The molecule has 2 aromatic carbocycles. The van der Waals surface area contributed by atoms with Crippen molar-refractivity contribution in [2.24, 2.45) is 0 Å². The predicted octanol–water partition coefficient (Wildman–Crippen LogP) is 4.44. The Balaban J connectivity index is 1.82. The molecule has 1 atom stereocenters. The number of nitrogens with zero attached hydrogens (tertiary/aromatic N) is 3. The summed E-state index contributed by atoms with van der Waals surface area (Å²) in [6.07, 6.45) is 1.64. The van der Waals surface area contributed by atoms with Gasteiger partial charge in [0, 0.05) is 17.8 Å². The highest BCUT2D eigenvalue weighted by Gasteiger charge is 2.35. The Morgan fingerprint density at radius 1 is 1.25 bits per heavy atom. The van der Waals surface area contributed by atoms with Crippen molar-refractivity contribution >= 4 is 11.6 Å². The van der Waals surface area contributed by atoms with Crippen LogP contribution in [0.15, 0.2) is 65.3 Å². The van der Waals surface area contributed by atoms with Crippen LogP contribution in [0.1, 0.15) is 30.0 Å². The molecule has 3 aromatic rings. The number of aryl methyl sites for hydroxylation is 1. The van der Waals surface area contributed by atoms with Gasteiger partial charge in [-0.3, -0.25) is 4.90 Å². The van der Waals surface area contributed by atoms with E-state index in [4.69, 9.17) is 9.26 Å². The van der Waals surface area contributed by atoms with Gasteiger partial charge < -0.3 is 19.7 Å². The fourth-order valence-electron chi connectivity index (χ4n) is 3.70. The van der Waals surface area contributed by atoms with Gasteiger partial charge in [-0.15, -0.1) is 6.58 Å². The first-order valence-corrected chi connectivity index (χ1v) is 10.1. The molecule has 2 heterocycles. The third kappa shape index (κ3) is 3.82. The molecule has 8 nitrogen and oxygen atoms in total. The number of ether oxygens (including phenoxy) is 1. The van der Waals surface area contributed by atoms with E-state index in [2.05, 4.69) is 22.0 Å². The molecule has 0 spiro atoms. The average Bonchev–Trinajstić information content (AvgIpc) is 3.26. The molecule has 0 bridgehead atoms. The third-order valence-corrected chi connectivity index (χ3v) is 5.41. The molecule has 2 N–H and O–H groups in total. The van der Waals surface area contributed by atoms with Crippen molar-refractivity contribution in [1.29, 1.82) is 0 Å². The Bertz CT molecular complexity index is 1200. The van der Waals surface area contributed by atoms with Gasteiger partial charge in [0.25, 0.3) is 5.89 Å². The Kier molecular flexibility index (Phi) is 5.68. The number of amides is 2. The summed E-state index contributed by atoms with van der Waals surface area (Å²) in [5, 5.41) is 17.4. The first-order valence-electron chi connectivity index (χ1n) is 10.1. The van der Waals surface area contributed by atoms with Crippen LogP contribution < -0.4 is 10.1 Å². The molecular weight excluding hydrogens is 408 g/mol. The first-order chi connectivity index (χ1) is 15.4. The maximum absolute atomic E-state index is 12.8. The quantitative estimate of drug-likeness (QED) is 0.559. The van der Waals surface area contributed by atoms with Gasteiger partial charge in [-0.1, -0.05) is 47.1 Å². The number of hydrogen-bond acceptors (Lipinski definition) is 6. The van der Waals surface area contributed by atoms with Crippen LogP contribution in [-0.4, -0.2) is 39.8 Å². The number of urea groups is 1. The average molecular weight is 432 g/mol. The molecule has 1 aliphatic rings. The van der Waals surface area contributed by atoms with E-state index >= 15 is 0 Å². The molecule has 8 heteroatoms. The number of aromatic nitrogens is 2. The number of rotatable bonds is 6. The Hall–Kier alpha value is -4.07. The number of nitrogens with one attached hydrogen (secondary N) is 1. The van der Waals surface area contributed by atoms with Crippen LogP contribution in [0.4, 0.5) is 4.79 Å². The molecule has 2 amide bonds. The zero-order valence-corrected chi connectivity index (χ0v) is 18.1. The van der Waals surface area contributed by atoms with Crippen molar-refractivity contribution in [3.63, 3.8) is 0 Å². The number of benzene rings is 2. The standard InChI is InChI=1S/C24H24N4O4/c1-5-12-28-15(3)20(23-26-22(27-32-23)16-8-6-14(2)7-9-16)21(25-24(28)30)17-10-11-19(31-4)18(29)13-17/h5-11,13,21,29H,1,12H2,2-4H3,(H,25,30). The molecule has 4 rings (SSSR count). The molecule has 32 heavy (non-hydrogen) atoms. The summed E-state index contributed by atoms with van der Waals surface area (Å²) < 4.78 is 10.8. The second-order valence-corrected chi connectivity index (χ2v) is 7.50. The van der Waals surface area contributed by atoms with Crippen LogP contribution in [0.2, 0.25) is 0 Å². The van der Waals surface area contributed by atoms with Gasteiger partial charge in [0.05, 0.1) is 18.7 Å². The zero-order chi connectivity index (χ0) is 22.8. The maximum atomic E-state index is 12.8. The number of carbonyl (C=O) groups is 1. The van der Waals surface area contributed by atoms with Crippen molar-refractivity contribution in [3.05, 3.63) is 77.8 Å². The van der Waals surface area contributed by atoms with E-state index in [9.17, 15) is 9.90 Å². The highest BCUT2D eigenvalue weighted by atomic mass is 16.5. The summed E-state index contributed by atoms with van der Waals surface area (Å²) in [5.41, 5.74) is 3.91. The second kappa shape index (κ2) is 8.58. The van der Waals surface area contributed by atoms with Gasteiger partial charge in [0.2, 0.25) is 5.82 Å². The fourth-order valence-corrected chi connectivity index (χ4v) is 3.70. The normalized spacial score (nSPS) is 16.2. The van der Waals surface area contributed by atoms with Crippen molar-refractivity contribution < 1.29 is 19.2 Å². The molecule has 0 radical (unpaired) electrons. The first kappa shape index (κ1) is 21.2. The van der Waals surface area contributed by atoms with Gasteiger partial charge in [-0.05, 0) is 31.5 Å². The molecule has 164 valence electrons. The van der Waals surface area contributed by atoms with E-state index < -0.39 is 6.04 Å². The van der Waals surface area contributed by atoms with Crippen molar-refractivity contribution in [2.45, 2.75) is 19.9 Å². The number of hydrogen-bond donors (Lipinski definition) is 2. The number of aromatic hydroxyl groups is 1. The van der Waals surface area contributed by atoms with E-state index in [1.807, 2.05) is 38.1 Å². The lowest BCUT2D eigenvalue weighted by Gasteiger charge is -2.34. The molecule has 0 saturated heterocycles. The Morgan fingerprint density at radius 2 is 2.00 bits per heavy atom. The Morgan fingerprint density at radius 3 is 2.66 bits per heavy atom. The summed E-state index contributed by atoms with van der Waals surface area (Å²) in [5.74, 6) is 1.04. The molecule has 1 aromatic heterocycles. The van der Waals surface area contributed by atoms with Crippen LogP contribution >= 0.6 is 0 Å². The molecule has 0 aliphatic carbocycles. The number of carbonyl (C=O) groups excluding carboxylic acids is 1. The van der Waals surface area contributed by atoms with Gasteiger partial charge in [-0.25, -0.2) is 4.79 Å². The molecule has 0 fully saturated rings.